The summed E-state index contributed by atoms with van der Waals surface area (Å²) in [6, 6.07) is 41.5. The van der Waals surface area contributed by atoms with Gasteiger partial charge in [-0.2, -0.15) is 0 Å². The van der Waals surface area contributed by atoms with E-state index >= 15 is 0 Å². The van der Waals surface area contributed by atoms with Gasteiger partial charge in [0.25, 0.3) is 0 Å². The predicted molar refractivity (Wildman–Crippen MR) is 157 cm³/mol. The lowest BCUT2D eigenvalue weighted by atomic mass is 9.95. The highest BCUT2D eigenvalue weighted by molar-refractivity contribution is 6.20. The summed E-state index contributed by atoms with van der Waals surface area (Å²) in [6.07, 6.45) is 0. The zero-order valence-corrected chi connectivity index (χ0v) is 21.3. The molecule has 0 unspecified atom stereocenters. The Labute approximate surface area is 230 Å². The molecule has 0 aliphatic rings. The van der Waals surface area contributed by atoms with E-state index in [0.717, 1.165) is 21.9 Å². The van der Waals surface area contributed by atoms with E-state index in [0.29, 0.717) is 33.4 Å². The average molecular weight is 519 g/mol. The van der Waals surface area contributed by atoms with Gasteiger partial charge < -0.3 is 8.83 Å². The third-order valence-electron chi connectivity index (χ3n) is 7.11. The van der Waals surface area contributed by atoms with Crippen molar-refractivity contribution in [2.75, 3.05) is 0 Å². The van der Waals surface area contributed by atoms with Crippen LogP contribution in [0.2, 0.25) is 0 Å². The Morgan fingerprint density at radius 2 is 0.775 bits per heavy atom. The topological polar surface area (TPSA) is 60.4 Å². The van der Waals surface area contributed by atoms with Crippen molar-refractivity contribution in [2.45, 2.75) is 0 Å². The summed E-state index contributed by atoms with van der Waals surface area (Å²) in [7, 11) is 0. The van der Waals surface area contributed by atoms with Gasteiger partial charge in [-0.25, -0.2) is 0 Å². The fraction of sp³-hybridized carbons (Fsp3) is 0. The molecule has 7 aromatic rings. The molecule has 5 aromatic carbocycles. The number of carbonyl (C=O) groups is 2. The summed E-state index contributed by atoms with van der Waals surface area (Å²) >= 11 is 0. The molecule has 0 N–H and O–H groups in total. The van der Waals surface area contributed by atoms with Crippen molar-refractivity contribution < 1.29 is 18.4 Å². The fourth-order valence-electron chi connectivity index (χ4n) is 5.23. The summed E-state index contributed by atoms with van der Waals surface area (Å²) in [4.78, 5) is 27.3. The molecule has 2 heterocycles. The fourth-order valence-corrected chi connectivity index (χ4v) is 5.23. The zero-order chi connectivity index (χ0) is 27.1. The number of ketones is 2. The zero-order valence-electron chi connectivity index (χ0n) is 21.3. The molecule has 7 rings (SSSR count). The average Bonchev–Trinajstić information content (AvgIpc) is 3.59. The van der Waals surface area contributed by atoms with E-state index in [1.165, 1.54) is 0 Å². The Balaban J connectivity index is 1.52. The van der Waals surface area contributed by atoms with Crippen molar-refractivity contribution in [1.29, 1.82) is 0 Å². The molecule has 0 aliphatic heterocycles. The molecule has 0 atom stereocenters. The van der Waals surface area contributed by atoms with Crippen molar-refractivity contribution >= 4 is 33.5 Å². The van der Waals surface area contributed by atoms with Gasteiger partial charge in [-0.3, -0.25) is 9.59 Å². The molecule has 0 aliphatic carbocycles. The minimum absolute atomic E-state index is 0.199. The first-order chi connectivity index (χ1) is 19.7. The van der Waals surface area contributed by atoms with Crippen molar-refractivity contribution in [3.8, 4) is 22.3 Å². The number of furan rings is 2. The normalized spacial score (nSPS) is 11.2. The van der Waals surface area contributed by atoms with Gasteiger partial charge in [0.2, 0.25) is 11.6 Å². The van der Waals surface area contributed by atoms with Crippen LogP contribution in [0.1, 0.15) is 32.2 Å². The van der Waals surface area contributed by atoms with Crippen LogP contribution in [-0.2, 0) is 0 Å². The molecule has 2 aromatic heterocycles. The largest absolute Gasteiger partial charge is 0.452 e. The second-order valence-electron chi connectivity index (χ2n) is 9.58. The van der Waals surface area contributed by atoms with E-state index in [4.69, 9.17) is 8.83 Å². The van der Waals surface area contributed by atoms with Gasteiger partial charge in [0.05, 0.1) is 0 Å². The highest BCUT2D eigenvalue weighted by Crippen LogP contribution is 2.43. The van der Waals surface area contributed by atoms with Gasteiger partial charge >= 0.3 is 0 Å². The number of hydrogen-bond donors (Lipinski definition) is 0. The first-order valence-electron chi connectivity index (χ1n) is 13.0. The van der Waals surface area contributed by atoms with Crippen molar-refractivity contribution in [2.24, 2.45) is 0 Å². The van der Waals surface area contributed by atoms with Crippen molar-refractivity contribution in [3.05, 3.63) is 156 Å². The minimum Gasteiger partial charge on any atom is -0.452 e. The van der Waals surface area contributed by atoms with Gasteiger partial charge in [0.1, 0.15) is 11.2 Å². The maximum atomic E-state index is 13.7. The maximum Gasteiger partial charge on any atom is 0.228 e. The number of rotatable bonds is 6. The Morgan fingerprint density at radius 3 is 1.15 bits per heavy atom. The first kappa shape index (κ1) is 23.6. The maximum absolute atomic E-state index is 13.7. The summed E-state index contributed by atoms with van der Waals surface area (Å²) in [5, 5.41) is 1.55. The molecular weight excluding hydrogens is 496 g/mol. The van der Waals surface area contributed by atoms with Crippen LogP contribution in [0.5, 0.6) is 0 Å². The van der Waals surface area contributed by atoms with E-state index in [1.807, 2.05) is 103 Å². The van der Waals surface area contributed by atoms with Crippen LogP contribution < -0.4 is 0 Å². The monoisotopic (exact) mass is 518 g/mol. The predicted octanol–water partition coefficient (Wildman–Crippen LogP) is 8.97. The molecule has 0 spiro atoms. The standard InChI is InChI=1S/C36H22O4/c37-33(25-17-9-3-10-18-25)35-31(23-13-5-1-6-14-23)27-21-28-30(22-29(27)39-35)40-36(32(28)24-15-7-2-8-16-24)34(38)26-19-11-4-12-20-26/h1-22H. The number of hydrogen-bond acceptors (Lipinski definition) is 4. The van der Waals surface area contributed by atoms with Crippen molar-refractivity contribution in [1.82, 2.24) is 0 Å². The van der Waals surface area contributed by atoms with Crippen molar-refractivity contribution in [3.63, 3.8) is 0 Å². The van der Waals surface area contributed by atoms with Crippen LogP contribution in [0.15, 0.2) is 142 Å². The summed E-state index contributed by atoms with van der Waals surface area (Å²) in [5.74, 6) is 0.134. The molecule has 0 saturated heterocycles. The third kappa shape index (κ3) is 3.94. The van der Waals surface area contributed by atoms with Crippen LogP contribution in [-0.4, -0.2) is 11.6 Å². The summed E-state index contributed by atoms with van der Waals surface area (Å²) in [6.45, 7) is 0. The molecule has 40 heavy (non-hydrogen) atoms. The molecule has 0 bridgehead atoms. The molecule has 0 saturated carbocycles. The lowest BCUT2D eigenvalue weighted by Gasteiger charge is -2.05. The van der Waals surface area contributed by atoms with E-state index in [-0.39, 0.29) is 23.1 Å². The Morgan fingerprint density at radius 1 is 0.425 bits per heavy atom. The van der Waals surface area contributed by atoms with Crippen LogP contribution in [0.3, 0.4) is 0 Å². The van der Waals surface area contributed by atoms with E-state index in [9.17, 15) is 9.59 Å². The van der Waals surface area contributed by atoms with Gasteiger partial charge in [-0.15, -0.1) is 0 Å². The lowest BCUT2D eigenvalue weighted by Crippen LogP contribution is -2.01. The molecular formula is C36H22O4. The van der Waals surface area contributed by atoms with Gasteiger partial charge in [0.15, 0.2) is 11.5 Å². The Kier molecular flexibility index (Phi) is 5.72. The SMILES string of the molecule is O=C(c1ccccc1)c1oc2cc3oc(C(=O)c4ccccc4)c(-c4ccccc4)c3cc2c1-c1ccccc1. The highest BCUT2D eigenvalue weighted by Gasteiger charge is 2.27. The molecule has 4 heteroatoms. The van der Waals surface area contributed by atoms with E-state index in [1.54, 1.807) is 30.3 Å². The molecule has 0 amide bonds. The Hall–Kier alpha value is -5.48. The van der Waals surface area contributed by atoms with E-state index in [2.05, 4.69) is 0 Å². The molecule has 4 nitrogen and oxygen atoms in total. The summed E-state index contributed by atoms with van der Waals surface area (Å²) in [5.41, 5.74) is 5.27. The molecule has 0 fully saturated rings. The van der Waals surface area contributed by atoms with Gasteiger partial charge in [-0.1, -0.05) is 121 Å². The Bertz CT molecular complexity index is 1850. The molecule has 0 radical (unpaired) electrons. The van der Waals surface area contributed by atoms with Crippen LogP contribution in [0, 0.1) is 0 Å². The van der Waals surface area contributed by atoms with Gasteiger partial charge in [0, 0.05) is 39.1 Å². The second kappa shape index (κ2) is 9.68. The minimum atomic E-state index is -0.199. The smallest absolute Gasteiger partial charge is 0.228 e. The number of carbonyl (C=O) groups excluding carboxylic acids is 2. The number of benzene rings is 5. The number of fused-ring (bicyclic) bond motifs is 2. The van der Waals surface area contributed by atoms with Crippen LogP contribution in [0.25, 0.3) is 44.2 Å². The molecule has 190 valence electrons. The van der Waals surface area contributed by atoms with Crippen LogP contribution in [0.4, 0.5) is 0 Å². The van der Waals surface area contributed by atoms with Crippen LogP contribution >= 0.6 is 0 Å². The third-order valence-corrected chi connectivity index (χ3v) is 7.11. The quantitative estimate of drug-likeness (QED) is 0.206. The van der Waals surface area contributed by atoms with E-state index < -0.39 is 0 Å². The second-order valence-corrected chi connectivity index (χ2v) is 9.58. The summed E-state index contributed by atoms with van der Waals surface area (Å²) < 4.78 is 12.6. The van der Waals surface area contributed by atoms with Gasteiger partial charge in [-0.05, 0) is 17.2 Å². The lowest BCUT2D eigenvalue weighted by molar-refractivity contribution is 0.100. The first-order valence-corrected chi connectivity index (χ1v) is 13.0. The highest BCUT2D eigenvalue weighted by atomic mass is 16.4.